The highest BCUT2D eigenvalue weighted by molar-refractivity contribution is 5.65. The van der Waals surface area contributed by atoms with Crippen molar-refractivity contribution in [3.8, 4) is 11.4 Å². The SMILES string of the molecule is CCOC1CC(n2nnnc2-c2cc(N)ccc2C)C1. The van der Waals surface area contributed by atoms with Crippen LogP contribution in [0.25, 0.3) is 11.4 Å². The van der Waals surface area contributed by atoms with Gasteiger partial charge in [0.2, 0.25) is 0 Å². The van der Waals surface area contributed by atoms with E-state index in [1.165, 1.54) is 0 Å². The first-order chi connectivity index (χ1) is 9.69. The molecule has 1 aliphatic carbocycles. The molecule has 0 aliphatic heterocycles. The molecule has 0 unspecified atom stereocenters. The molecular weight excluding hydrogens is 254 g/mol. The lowest BCUT2D eigenvalue weighted by atomic mass is 9.89. The highest BCUT2D eigenvalue weighted by atomic mass is 16.5. The predicted molar refractivity (Wildman–Crippen MR) is 76.1 cm³/mol. The summed E-state index contributed by atoms with van der Waals surface area (Å²) in [5, 5.41) is 12.1. The third-order valence-corrected chi connectivity index (χ3v) is 3.81. The van der Waals surface area contributed by atoms with Gasteiger partial charge in [-0.25, -0.2) is 4.68 Å². The van der Waals surface area contributed by atoms with E-state index >= 15 is 0 Å². The van der Waals surface area contributed by atoms with Gasteiger partial charge in [-0.3, -0.25) is 0 Å². The summed E-state index contributed by atoms with van der Waals surface area (Å²) in [6.45, 7) is 4.82. The molecule has 1 aromatic carbocycles. The Labute approximate surface area is 117 Å². The molecule has 0 spiro atoms. The molecule has 1 heterocycles. The Morgan fingerprint density at radius 3 is 2.95 bits per heavy atom. The first kappa shape index (κ1) is 13.1. The van der Waals surface area contributed by atoms with Gasteiger partial charge in [0, 0.05) is 17.9 Å². The van der Waals surface area contributed by atoms with E-state index in [1.807, 2.05) is 36.7 Å². The van der Waals surface area contributed by atoms with Crippen molar-refractivity contribution in [3.05, 3.63) is 23.8 Å². The number of rotatable bonds is 4. The van der Waals surface area contributed by atoms with Crippen molar-refractivity contribution in [3.63, 3.8) is 0 Å². The average molecular weight is 273 g/mol. The second-order valence-electron chi connectivity index (χ2n) is 5.22. The fourth-order valence-corrected chi connectivity index (χ4v) is 2.61. The smallest absolute Gasteiger partial charge is 0.182 e. The molecule has 0 atom stereocenters. The Kier molecular flexibility index (Phi) is 3.40. The zero-order valence-corrected chi connectivity index (χ0v) is 11.8. The van der Waals surface area contributed by atoms with Crippen molar-refractivity contribution in [2.75, 3.05) is 12.3 Å². The van der Waals surface area contributed by atoms with Crippen LogP contribution in [0.3, 0.4) is 0 Å². The summed E-state index contributed by atoms with van der Waals surface area (Å²) in [4.78, 5) is 0. The molecular formula is C14H19N5O. The summed E-state index contributed by atoms with van der Waals surface area (Å²) in [5.74, 6) is 0.787. The molecule has 0 amide bonds. The number of nitrogens with two attached hydrogens (primary N) is 1. The molecule has 3 rings (SSSR count). The van der Waals surface area contributed by atoms with Crippen LogP contribution < -0.4 is 5.73 Å². The number of benzene rings is 1. The van der Waals surface area contributed by atoms with Gasteiger partial charge in [0.25, 0.3) is 0 Å². The van der Waals surface area contributed by atoms with Crippen LogP contribution >= 0.6 is 0 Å². The van der Waals surface area contributed by atoms with Gasteiger partial charge < -0.3 is 10.5 Å². The molecule has 0 radical (unpaired) electrons. The molecule has 106 valence electrons. The monoisotopic (exact) mass is 273 g/mol. The summed E-state index contributed by atoms with van der Waals surface area (Å²) < 4.78 is 7.49. The Balaban J connectivity index is 1.86. The molecule has 6 heteroatoms. The highest BCUT2D eigenvalue weighted by Gasteiger charge is 2.33. The lowest BCUT2D eigenvalue weighted by Crippen LogP contribution is -2.34. The minimum absolute atomic E-state index is 0.317. The molecule has 1 aromatic heterocycles. The quantitative estimate of drug-likeness (QED) is 0.862. The Morgan fingerprint density at radius 1 is 1.40 bits per heavy atom. The summed E-state index contributed by atoms with van der Waals surface area (Å²) in [6, 6.07) is 6.13. The zero-order valence-electron chi connectivity index (χ0n) is 11.8. The number of aryl methyl sites for hydroxylation is 1. The largest absolute Gasteiger partial charge is 0.399 e. The number of hydrogen-bond donors (Lipinski definition) is 1. The summed E-state index contributed by atoms with van der Waals surface area (Å²) in [6.07, 6.45) is 2.27. The second-order valence-corrected chi connectivity index (χ2v) is 5.22. The average Bonchev–Trinajstić information content (AvgIpc) is 2.85. The third-order valence-electron chi connectivity index (χ3n) is 3.81. The Hall–Kier alpha value is -1.95. The van der Waals surface area contributed by atoms with Crippen molar-refractivity contribution in [2.24, 2.45) is 0 Å². The first-order valence-corrected chi connectivity index (χ1v) is 6.95. The third kappa shape index (κ3) is 2.27. The van der Waals surface area contributed by atoms with Crippen molar-refractivity contribution >= 4 is 5.69 Å². The van der Waals surface area contributed by atoms with Crippen molar-refractivity contribution < 1.29 is 4.74 Å². The van der Waals surface area contributed by atoms with Crippen LogP contribution in [0.2, 0.25) is 0 Å². The predicted octanol–water partition coefficient (Wildman–Crippen LogP) is 1.97. The molecule has 1 aliphatic rings. The van der Waals surface area contributed by atoms with E-state index < -0.39 is 0 Å². The van der Waals surface area contributed by atoms with Crippen molar-refractivity contribution in [2.45, 2.75) is 38.8 Å². The van der Waals surface area contributed by atoms with Gasteiger partial charge in [-0.05, 0) is 54.8 Å². The minimum Gasteiger partial charge on any atom is -0.399 e. The molecule has 20 heavy (non-hydrogen) atoms. The van der Waals surface area contributed by atoms with Gasteiger partial charge >= 0.3 is 0 Å². The lowest BCUT2D eigenvalue weighted by molar-refractivity contribution is -0.0227. The molecule has 6 nitrogen and oxygen atoms in total. The van der Waals surface area contributed by atoms with Gasteiger partial charge in [-0.1, -0.05) is 6.07 Å². The highest BCUT2D eigenvalue weighted by Crippen LogP contribution is 2.36. The standard InChI is InChI=1S/C14H19N5O/c1-3-20-12-7-11(8-12)19-14(16-17-18-19)13-6-10(15)5-4-9(13)2/h4-6,11-12H,3,7-8,15H2,1-2H3. The van der Waals surface area contributed by atoms with Crippen LogP contribution in [-0.2, 0) is 4.74 Å². The summed E-state index contributed by atoms with van der Waals surface area (Å²) in [5.41, 5.74) is 8.71. The van der Waals surface area contributed by atoms with Crippen LogP contribution in [0.15, 0.2) is 18.2 Å². The normalized spacial score (nSPS) is 21.7. The van der Waals surface area contributed by atoms with E-state index in [9.17, 15) is 0 Å². The van der Waals surface area contributed by atoms with E-state index in [4.69, 9.17) is 10.5 Å². The van der Waals surface area contributed by atoms with Gasteiger partial charge in [0.15, 0.2) is 5.82 Å². The Morgan fingerprint density at radius 2 is 2.20 bits per heavy atom. The van der Waals surface area contributed by atoms with Gasteiger partial charge in [0.1, 0.15) is 0 Å². The number of nitrogen functional groups attached to an aromatic ring is 1. The Bertz CT molecular complexity index is 603. The number of ether oxygens (including phenoxy) is 1. The van der Waals surface area contributed by atoms with Crippen molar-refractivity contribution in [1.82, 2.24) is 20.2 Å². The van der Waals surface area contributed by atoms with Crippen LogP contribution in [0.4, 0.5) is 5.69 Å². The topological polar surface area (TPSA) is 78.8 Å². The minimum atomic E-state index is 0.317. The lowest BCUT2D eigenvalue weighted by Gasteiger charge is -2.34. The molecule has 1 saturated carbocycles. The zero-order chi connectivity index (χ0) is 14.1. The molecule has 0 saturated heterocycles. The summed E-state index contributed by atoms with van der Waals surface area (Å²) in [7, 11) is 0. The molecule has 0 bridgehead atoms. The van der Waals surface area contributed by atoms with Gasteiger partial charge in [0.05, 0.1) is 12.1 Å². The number of aromatic nitrogens is 4. The maximum atomic E-state index is 5.87. The molecule has 2 N–H and O–H groups in total. The van der Waals surface area contributed by atoms with Crippen LogP contribution in [0, 0.1) is 6.92 Å². The van der Waals surface area contributed by atoms with Crippen LogP contribution in [0.1, 0.15) is 31.4 Å². The van der Waals surface area contributed by atoms with Crippen LogP contribution in [0.5, 0.6) is 0 Å². The van der Waals surface area contributed by atoms with Gasteiger partial charge in [-0.15, -0.1) is 5.10 Å². The number of tetrazole rings is 1. The maximum absolute atomic E-state index is 5.87. The van der Waals surface area contributed by atoms with Crippen molar-refractivity contribution in [1.29, 1.82) is 0 Å². The first-order valence-electron chi connectivity index (χ1n) is 6.95. The number of nitrogens with zero attached hydrogens (tertiary/aromatic N) is 4. The fraction of sp³-hybridized carbons (Fsp3) is 0.500. The maximum Gasteiger partial charge on any atom is 0.182 e. The van der Waals surface area contributed by atoms with E-state index in [1.54, 1.807) is 0 Å². The van der Waals surface area contributed by atoms with E-state index in [-0.39, 0.29) is 0 Å². The second kappa shape index (κ2) is 5.20. The van der Waals surface area contributed by atoms with Gasteiger partial charge in [-0.2, -0.15) is 0 Å². The fourth-order valence-electron chi connectivity index (χ4n) is 2.61. The van der Waals surface area contributed by atoms with E-state index in [0.717, 1.165) is 42.1 Å². The molecule has 1 fully saturated rings. The molecule has 2 aromatic rings. The summed E-state index contributed by atoms with van der Waals surface area (Å²) >= 11 is 0. The number of anilines is 1. The van der Waals surface area contributed by atoms with E-state index in [2.05, 4.69) is 15.5 Å². The van der Waals surface area contributed by atoms with E-state index in [0.29, 0.717) is 12.1 Å². The van der Waals surface area contributed by atoms with Crippen LogP contribution in [-0.4, -0.2) is 32.9 Å². The number of hydrogen-bond acceptors (Lipinski definition) is 5.